The number of nitrogens with two attached hydrogens (primary N) is 1. The highest BCUT2D eigenvalue weighted by Crippen LogP contribution is 2.32. The lowest BCUT2D eigenvalue weighted by molar-refractivity contribution is -0.313. The number of carbonyl (C=O) groups excluding carboxylic acids is 1. The van der Waals surface area contributed by atoms with Crippen molar-refractivity contribution in [2.24, 2.45) is 5.90 Å². The van der Waals surface area contributed by atoms with Gasteiger partial charge >= 0.3 is 5.97 Å². The number of carbonyl (C=O) groups is 2. The predicted molar refractivity (Wildman–Crippen MR) is 67.8 cm³/mol. The molecule has 1 aliphatic rings. The third kappa shape index (κ3) is 3.70. The molecular weight excluding hydrogens is 304 g/mol. The summed E-state index contributed by atoms with van der Waals surface area (Å²) in [6.45, 7) is 0.282. The fourth-order valence-electron chi connectivity index (χ4n) is 2.25. The van der Waals surface area contributed by atoms with Crippen molar-refractivity contribution in [3.05, 3.63) is 0 Å². The Morgan fingerprint density at radius 1 is 1.50 bits per heavy atom. The molecule has 128 valence electrons. The normalized spacial score (nSPS) is 34.7. The Labute approximate surface area is 125 Å². The van der Waals surface area contributed by atoms with E-state index in [-0.39, 0.29) is 0 Å². The molecule has 0 aromatic heterocycles. The van der Waals surface area contributed by atoms with Crippen LogP contribution in [0.5, 0.6) is 0 Å². The van der Waals surface area contributed by atoms with E-state index in [1.165, 1.54) is 0 Å². The summed E-state index contributed by atoms with van der Waals surface area (Å²) >= 11 is 0. The van der Waals surface area contributed by atoms with Crippen LogP contribution in [-0.4, -0.2) is 80.3 Å². The molecule has 0 spiro atoms. The molecule has 1 rings (SSSR count). The molecule has 0 bridgehead atoms. The summed E-state index contributed by atoms with van der Waals surface area (Å²) in [5.41, 5.74) is 0. The van der Waals surface area contributed by atoms with Crippen molar-refractivity contribution in [2.75, 3.05) is 6.61 Å². The number of ether oxygens (including phenoxy) is 1. The molecule has 1 aliphatic heterocycles. The Hall–Kier alpha value is -1.34. The molecule has 11 nitrogen and oxygen atoms in total. The zero-order valence-electron chi connectivity index (χ0n) is 11.7. The molecule has 0 unspecified atom stereocenters. The topological polar surface area (TPSA) is 192 Å². The highest BCUT2D eigenvalue weighted by molar-refractivity contribution is 5.76. The van der Waals surface area contributed by atoms with E-state index in [1.54, 1.807) is 0 Å². The number of carboxylic acids is 1. The van der Waals surface area contributed by atoms with Crippen LogP contribution in [0.4, 0.5) is 0 Å². The molecule has 8 N–H and O–H groups in total. The van der Waals surface area contributed by atoms with Gasteiger partial charge in [0, 0.05) is 13.3 Å². The summed E-state index contributed by atoms with van der Waals surface area (Å²) in [4.78, 5) is 26.8. The standard InChI is InChI=1S/C11H20N2O9/c1-4(15)13-7-5(16)2-11(22-12,10(19)20)21-9(7)8(18)6(17)3-14/h5-9,14,16-18H,2-3,12H2,1H3,(H,13,15)(H,19,20)/t5-,6+,7+,8+,9+,11+/m0/s1. The van der Waals surface area contributed by atoms with E-state index in [0.717, 1.165) is 6.92 Å². The quantitative estimate of drug-likeness (QED) is 0.237. The molecule has 0 aliphatic carbocycles. The largest absolute Gasteiger partial charge is 0.477 e. The molecular formula is C11H20N2O9. The molecule has 0 saturated carbocycles. The maximum atomic E-state index is 11.3. The van der Waals surface area contributed by atoms with Crippen molar-refractivity contribution in [2.45, 2.75) is 49.6 Å². The van der Waals surface area contributed by atoms with E-state index >= 15 is 0 Å². The lowest BCUT2D eigenvalue weighted by Gasteiger charge is -2.45. The van der Waals surface area contributed by atoms with Crippen molar-refractivity contribution in [3.8, 4) is 0 Å². The van der Waals surface area contributed by atoms with Crippen molar-refractivity contribution >= 4 is 11.9 Å². The number of hydrogen-bond acceptors (Lipinski definition) is 9. The number of amides is 1. The van der Waals surface area contributed by atoms with Crippen LogP contribution in [0.1, 0.15) is 13.3 Å². The number of hydrogen-bond donors (Lipinski definition) is 7. The average Bonchev–Trinajstić information content (AvgIpc) is 2.46. The number of rotatable bonds is 6. The highest BCUT2D eigenvalue weighted by Gasteiger charge is 2.55. The van der Waals surface area contributed by atoms with Gasteiger partial charge in [-0.2, -0.15) is 0 Å². The number of aliphatic hydroxyl groups is 4. The molecule has 1 heterocycles. The van der Waals surface area contributed by atoms with Crippen molar-refractivity contribution in [3.63, 3.8) is 0 Å². The van der Waals surface area contributed by atoms with Gasteiger partial charge in [0.25, 0.3) is 5.79 Å². The minimum absolute atomic E-state index is 0.583. The van der Waals surface area contributed by atoms with Gasteiger partial charge in [-0.1, -0.05) is 0 Å². The zero-order chi connectivity index (χ0) is 17.1. The lowest BCUT2D eigenvalue weighted by Crippen LogP contribution is -2.68. The minimum atomic E-state index is -2.46. The molecule has 22 heavy (non-hydrogen) atoms. The maximum Gasteiger partial charge on any atom is 0.366 e. The second-order valence-corrected chi connectivity index (χ2v) is 5.00. The first-order valence-electron chi connectivity index (χ1n) is 6.39. The molecule has 0 aromatic rings. The van der Waals surface area contributed by atoms with E-state index in [9.17, 15) is 24.9 Å². The second kappa shape index (κ2) is 7.28. The third-order valence-electron chi connectivity index (χ3n) is 3.38. The number of aliphatic carboxylic acids is 1. The Morgan fingerprint density at radius 2 is 2.09 bits per heavy atom. The third-order valence-corrected chi connectivity index (χ3v) is 3.38. The minimum Gasteiger partial charge on any atom is -0.477 e. The van der Waals surface area contributed by atoms with Crippen LogP contribution in [0.15, 0.2) is 0 Å². The van der Waals surface area contributed by atoms with Gasteiger partial charge in [-0.15, -0.1) is 0 Å². The summed E-state index contributed by atoms with van der Waals surface area (Å²) in [6.07, 6.45) is -7.22. The molecule has 0 radical (unpaired) electrons. The van der Waals surface area contributed by atoms with Crippen LogP contribution in [0.2, 0.25) is 0 Å². The molecule has 1 fully saturated rings. The summed E-state index contributed by atoms with van der Waals surface area (Å²) in [6, 6.07) is -1.24. The first-order chi connectivity index (χ1) is 10.2. The monoisotopic (exact) mass is 324 g/mol. The number of carboxylic acid groups (broad SMARTS) is 1. The SMILES string of the molecule is CC(=O)N[C@H]1[C@H]([C@H](O)[C@H](O)CO)O[C@](ON)(C(=O)O)C[C@@H]1O. The van der Waals surface area contributed by atoms with Crippen LogP contribution >= 0.6 is 0 Å². The van der Waals surface area contributed by atoms with Crippen molar-refractivity contribution in [1.29, 1.82) is 0 Å². The van der Waals surface area contributed by atoms with Crippen LogP contribution < -0.4 is 11.2 Å². The first-order valence-corrected chi connectivity index (χ1v) is 6.39. The van der Waals surface area contributed by atoms with Gasteiger partial charge in [-0.05, 0) is 0 Å². The summed E-state index contributed by atoms with van der Waals surface area (Å²) in [7, 11) is 0. The van der Waals surface area contributed by atoms with E-state index < -0.39 is 61.1 Å². The smallest absolute Gasteiger partial charge is 0.366 e. The Morgan fingerprint density at radius 3 is 2.50 bits per heavy atom. The van der Waals surface area contributed by atoms with Gasteiger partial charge in [0.15, 0.2) is 0 Å². The summed E-state index contributed by atoms with van der Waals surface area (Å²) in [5, 5.41) is 49.8. The zero-order valence-corrected chi connectivity index (χ0v) is 11.7. The second-order valence-electron chi connectivity index (χ2n) is 5.00. The van der Waals surface area contributed by atoms with Crippen LogP contribution in [0.25, 0.3) is 0 Å². The summed E-state index contributed by atoms with van der Waals surface area (Å²) in [5.74, 6) is 0.214. The average molecular weight is 324 g/mol. The molecule has 6 atom stereocenters. The van der Waals surface area contributed by atoms with Crippen LogP contribution in [-0.2, 0) is 19.2 Å². The Balaban J connectivity index is 3.14. The lowest BCUT2D eigenvalue weighted by atomic mass is 9.88. The van der Waals surface area contributed by atoms with E-state index in [1.807, 2.05) is 0 Å². The molecule has 1 saturated heterocycles. The van der Waals surface area contributed by atoms with Gasteiger partial charge in [-0.3, -0.25) is 9.63 Å². The van der Waals surface area contributed by atoms with Crippen LogP contribution in [0, 0.1) is 0 Å². The Bertz CT molecular complexity index is 420. The number of aliphatic hydroxyl groups excluding tert-OH is 4. The van der Waals surface area contributed by atoms with E-state index in [2.05, 4.69) is 10.2 Å². The van der Waals surface area contributed by atoms with Crippen molar-refractivity contribution < 1.29 is 44.7 Å². The maximum absolute atomic E-state index is 11.3. The van der Waals surface area contributed by atoms with Gasteiger partial charge in [0.1, 0.15) is 18.3 Å². The predicted octanol–water partition coefficient (Wildman–Crippen LogP) is -3.97. The van der Waals surface area contributed by atoms with Gasteiger partial charge < -0.3 is 35.6 Å². The molecule has 0 aromatic carbocycles. The van der Waals surface area contributed by atoms with Gasteiger partial charge in [0.2, 0.25) is 5.91 Å². The van der Waals surface area contributed by atoms with Crippen LogP contribution in [0.3, 0.4) is 0 Å². The van der Waals surface area contributed by atoms with Crippen molar-refractivity contribution in [1.82, 2.24) is 5.32 Å². The molecule has 11 heteroatoms. The highest BCUT2D eigenvalue weighted by atomic mass is 16.8. The fraction of sp³-hybridized carbons (Fsp3) is 0.818. The molecule has 1 amide bonds. The van der Waals surface area contributed by atoms with E-state index in [4.69, 9.17) is 20.8 Å². The van der Waals surface area contributed by atoms with Gasteiger partial charge in [-0.25, -0.2) is 10.7 Å². The van der Waals surface area contributed by atoms with E-state index in [0.29, 0.717) is 0 Å². The first kappa shape index (κ1) is 18.7. The van der Waals surface area contributed by atoms with Gasteiger partial charge in [0.05, 0.1) is 18.8 Å². The fourth-order valence-corrected chi connectivity index (χ4v) is 2.25. The number of nitrogens with one attached hydrogen (secondary N) is 1. The Kier molecular flexibility index (Phi) is 6.19. The summed E-state index contributed by atoms with van der Waals surface area (Å²) < 4.78 is 5.11.